The van der Waals surface area contributed by atoms with Crippen LogP contribution in [0.1, 0.15) is 5.56 Å². The van der Waals surface area contributed by atoms with Crippen molar-refractivity contribution in [3.63, 3.8) is 0 Å². The van der Waals surface area contributed by atoms with Gasteiger partial charge in [0.25, 0.3) is 0 Å². The Labute approximate surface area is 236 Å². The summed E-state index contributed by atoms with van der Waals surface area (Å²) in [4.78, 5) is 11.1. The third kappa shape index (κ3) is 8.11. The molecule has 0 spiro atoms. The number of halogens is 3. The van der Waals surface area contributed by atoms with Gasteiger partial charge >= 0.3 is 12.1 Å². The second-order valence-corrected chi connectivity index (χ2v) is 9.76. The second-order valence-electron chi connectivity index (χ2n) is 9.76. The summed E-state index contributed by atoms with van der Waals surface area (Å²) in [7, 11) is 0. The van der Waals surface area contributed by atoms with Gasteiger partial charge in [0.15, 0.2) is 12.6 Å². The molecule has 0 saturated carbocycles. The zero-order chi connectivity index (χ0) is 31.4. The standard InChI is InChI=1S/C24H34F3NO14/c25-24(26,27)23(38)28-10-3-1-9(2-4-10)5-6-39-21-17(37)20(16(36)19(40-21)12(32)8-30)42-22-15(35)13(33)14(34)18(41-22)11(31)7-29/h1-4,11-22,29-37H,5-8H2,(H,28,38)/t11-,12-,13-,14-,15-,16+,17-,18+,19+,20-,21-,22+/m0/s1. The van der Waals surface area contributed by atoms with Gasteiger partial charge in [-0.3, -0.25) is 4.79 Å². The molecule has 15 nitrogen and oxygen atoms in total. The van der Waals surface area contributed by atoms with Crippen molar-refractivity contribution in [2.24, 2.45) is 0 Å². The normalized spacial score (nSPS) is 35.4. The Morgan fingerprint density at radius 1 is 0.833 bits per heavy atom. The van der Waals surface area contributed by atoms with Crippen LogP contribution in [0.2, 0.25) is 0 Å². The molecular formula is C24H34F3NO14. The number of carbonyl (C=O) groups excluding carboxylic acids is 1. The molecule has 2 aliphatic heterocycles. The topological polar surface area (TPSA) is 248 Å². The van der Waals surface area contributed by atoms with Gasteiger partial charge in [-0.2, -0.15) is 13.2 Å². The molecule has 0 aliphatic carbocycles. The highest BCUT2D eigenvalue weighted by Gasteiger charge is 2.53. The van der Waals surface area contributed by atoms with E-state index in [0.717, 1.165) is 0 Å². The summed E-state index contributed by atoms with van der Waals surface area (Å²) in [5.74, 6) is -2.14. The molecule has 1 aromatic carbocycles. The molecule has 0 aromatic heterocycles. The van der Waals surface area contributed by atoms with E-state index in [1.54, 1.807) is 5.32 Å². The monoisotopic (exact) mass is 617 g/mol. The number of hydrogen-bond acceptors (Lipinski definition) is 14. The Hall–Kier alpha value is -2.04. The number of carbonyl (C=O) groups is 1. The molecule has 1 amide bonds. The van der Waals surface area contributed by atoms with Crippen molar-refractivity contribution in [1.29, 1.82) is 0 Å². The summed E-state index contributed by atoms with van der Waals surface area (Å²) < 4.78 is 59.0. The summed E-state index contributed by atoms with van der Waals surface area (Å²) in [5, 5.41) is 92.5. The van der Waals surface area contributed by atoms with E-state index in [4.69, 9.17) is 18.9 Å². The van der Waals surface area contributed by atoms with E-state index >= 15 is 0 Å². The number of amides is 1. The largest absolute Gasteiger partial charge is 0.471 e. The molecule has 18 heteroatoms. The Balaban J connectivity index is 1.68. The molecule has 2 fully saturated rings. The molecule has 0 radical (unpaired) electrons. The zero-order valence-electron chi connectivity index (χ0n) is 21.8. The lowest BCUT2D eigenvalue weighted by molar-refractivity contribution is -0.367. The number of alkyl halides is 3. The molecule has 240 valence electrons. The SMILES string of the molecule is O=C(Nc1ccc(CCO[C@H]2O[C@H]([C@@H](O)CO)[C@@H](O)[C@H](O[C@H]3O[C@H]([C@@H](O)CO)[C@@H](O)[C@H](O)[C@@H]3O)[C@@H]2O)cc1)C(F)(F)F. The fraction of sp³-hybridized carbons (Fsp3) is 0.708. The van der Waals surface area contributed by atoms with Crippen LogP contribution in [0, 0.1) is 0 Å². The Morgan fingerprint density at radius 2 is 1.38 bits per heavy atom. The van der Waals surface area contributed by atoms with Crippen LogP contribution in [0.3, 0.4) is 0 Å². The van der Waals surface area contributed by atoms with Gasteiger partial charge in [0, 0.05) is 5.69 Å². The first-order valence-corrected chi connectivity index (χ1v) is 12.7. The molecule has 10 N–H and O–H groups in total. The van der Waals surface area contributed by atoms with E-state index in [9.17, 15) is 63.9 Å². The van der Waals surface area contributed by atoms with E-state index in [1.165, 1.54) is 24.3 Å². The lowest BCUT2D eigenvalue weighted by Crippen LogP contribution is -2.66. The zero-order valence-corrected chi connectivity index (χ0v) is 21.8. The van der Waals surface area contributed by atoms with Crippen LogP contribution in [-0.4, -0.2) is 151 Å². The molecule has 2 saturated heterocycles. The maximum Gasteiger partial charge on any atom is 0.471 e. The lowest BCUT2D eigenvalue weighted by atomic mass is 9.93. The third-order valence-corrected chi connectivity index (χ3v) is 6.75. The van der Waals surface area contributed by atoms with Gasteiger partial charge < -0.3 is 70.2 Å². The highest BCUT2D eigenvalue weighted by molar-refractivity contribution is 5.94. The molecular weight excluding hydrogens is 583 g/mol. The maximum atomic E-state index is 12.4. The first-order valence-electron chi connectivity index (χ1n) is 12.7. The number of aliphatic hydroxyl groups excluding tert-OH is 9. The van der Waals surface area contributed by atoms with Crippen LogP contribution in [0.4, 0.5) is 18.9 Å². The maximum absolute atomic E-state index is 12.4. The van der Waals surface area contributed by atoms with Gasteiger partial charge in [-0.15, -0.1) is 0 Å². The molecule has 0 unspecified atom stereocenters. The quantitative estimate of drug-likeness (QED) is 0.114. The highest BCUT2D eigenvalue weighted by Crippen LogP contribution is 2.31. The van der Waals surface area contributed by atoms with Crippen LogP contribution in [0.25, 0.3) is 0 Å². The van der Waals surface area contributed by atoms with Crippen LogP contribution < -0.4 is 5.32 Å². The van der Waals surface area contributed by atoms with Gasteiger partial charge in [0.1, 0.15) is 61.0 Å². The van der Waals surface area contributed by atoms with Crippen LogP contribution in [0.15, 0.2) is 24.3 Å². The van der Waals surface area contributed by atoms with Crippen LogP contribution in [0.5, 0.6) is 0 Å². The predicted molar refractivity (Wildman–Crippen MR) is 129 cm³/mol. The van der Waals surface area contributed by atoms with E-state index in [0.29, 0.717) is 5.56 Å². The van der Waals surface area contributed by atoms with Crippen molar-refractivity contribution in [2.75, 3.05) is 25.1 Å². The summed E-state index contributed by atoms with van der Waals surface area (Å²) in [6, 6.07) is 5.25. The minimum Gasteiger partial charge on any atom is -0.394 e. The van der Waals surface area contributed by atoms with Gasteiger partial charge in [-0.05, 0) is 24.1 Å². The van der Waals surface area contributed by atoms with Crippen LogP contribution in [-0.2, 0) is 30.2 Å². The number of ether oxygens (including phenoxy) is 4. The lowest BCUT2D eigenvalue weighted by Gasteiger charge is -2.47. The first-order chi connectivity index (χ1) is 19.7. The average molecular weight is 618 g/mol. The van der Waals surface area contributed by atoms with Gasteiger partial charge in [-0.1, -0.05) is 12.1 Å². The van der Waals surface area contributed by atoms with Gasteiger partial charge in [0.05, 0.1) is 19.8 Å². The number of hydrogen-bond donors (Lipinski definition) is 10. The first kappa shape index (κ1) is 34.5. The minimum atomic E-state index is -5.06. The second kappa shape index (κ2) is 14.6. The van der Waals surface area contributed by atoms with Gasteiger partial charge in [-0.25, -0.2) is 0 Å². The summed E-state index contributed by atoms with van der Waals surface area (Å²) in [6.07, 6.45) is -26.4. The third-order valence-electron chi connectivity index (χ3n) is 6.75. The predicted octanol–water partition coefficient (Wildman–Crippen LogP) is -3.91. The smallest absolute Gasteiger partial charge is 0.394 e. The Kier molecular flexibility index (Phi) is 12.0. The minimum absolute atomic E-state index is 0.108. The number of benzene rings is 1. The number of rotatable bonds is 11. The fourth-order valence-corrected chi connectivity index (χ4v) is 4.39. The number of aliphatic hydroxyl groups is 9. The summed E-state index contributed by atoms with van der Waals surface area (Å²) >= 11 is 0. The van der Waals surface area contributed by atoms with Crippen LogP contribution >= 0.6 is 0 Å². The van der Waals surface area contributed by atoms with Crippen molar-refractivity contribution in [1.82, 2.24) is 0 Å². The van der Waals surface area contributed by atoms with Crippen molar-refractivity contribution >= 4 is 11.6 Å². The molecule has 0 bridgehead atoms. The van der Waals surface area contributed by atoms with Crippen molar-refractivity contribution in [3.05, 3.63) is 29.8 Å². The average Bonchev–Trinajstić information content (AvgIpc) is 2.95. The fourth-order valence-electron chi connectivity index (χ4n) is 4.39. The number of nitrogens with one attached hydrogen (secondary N) is 1. The van der Waals surface area contributed by atoms with Crippen molar-refractivity contribution < 1.29 is 82.9 Å². The van der Waals surface area contributed by atoms with Gasteiger partial charge in [0.2, 0.25) is 0 Å². The summed E-state index contributed by atoms with van der Waals surface area (Å²) in [6.45, 7) is -1.99. The van der Waals surface area contributed by atoms with E-state index in [2.05, 4.69) is 0 Å². The highest BCUT2D eigenvalue weighted by atomic mass is 19.4. The molecule has 2 aliphatic rings. The number of anilines is 1. The Morgan fingerprint density at radius 3 is 1.93 bits per heavy atom. The molecule has 3 rings (SSSR count). The van der Waals surface area contributed by atoms with Crippen molar-refractivity contribution in [3.8, 4) is 0 Å². The van der Waals surface area contributed by atoms with Crippen molar-refractivity contribution in [2.45, 2.75) is 86.2 Å². The summed E-state index contributed by atoms with van der Waals surface area (Å²) in [5.41, 5.74) is 0.422. The Bertz CT molecular complexity index is 1000. The van der Waals surface area contributed by atoms with E-state index < -0.39 is 98.9 Å². The molecule has 42 heavy (non-hydrogen) atoms. The molecule has 12 atom stereocenters. The van der Waals surface area contributed by atoms with E-state index in [-0.39, 0.29) is 18.7 Å². The molecule has 1 aromatic rings. The molecule has 2 heterocycles. The van der Waals surface area contributed by atoms with E-state index in [1.807, 2.05) is 0 Å².